The number of hydrogen-bond donors (Lipinski definition) is 1. The molecule has 0 aromatic carbocycles. The molecule has 1 saturated heterocycles. The molecule has 1 saturated carbocycles. The number of nitrogens with zero attached hydrogens (tertiary/aromatic N) is 3. The Labute approximate surface area is 103 Å². The molecular weight excluding hydrogens is 212 g/mol. The van der Waals surface area contributed by atoms with Crippen molar-refractivity contribution < 1.29 is 0 Å². The minimum atomic E-state index is 0.712. The first-order chi connectivity index (χ1) is 8.34. The molecule has 0 bridgehead atoms. The largest absolute Gasteiger partial charge is 0.317 e. The van der Waals surface area contributed by atoms with E-state index in [0.29, 0.717) is 6.04 Å². The highest BCUT2D eigenvalue weighted by atomic mass is 15.3. The summed E-state index contributed by atoms with van der Waals surface area (Å²) in [6.07, 6.45) is 7.69. The number of aromatic nitrogens is 3. The van der Waals surface area contributed by atoms with Crippen LogP contribution in [0.5, 0.6) is 0 Å². The SMILES string of the molecule is Cc1nnc(CC2CCCNCC2)n1C1CC1. The van der Waals surface area contributed by atoms with Crippen LogP contribution < -0.4 is 5.32 Å². The summed E-state index contributed by atoms with van der Waals surface area (Å²) in [5.41, 5.74) is 0. The van der Waals surface area contributed by atoms with E-state index in [2.05, 4.69) is 27.0 Å². The van der Waals surface area contributed by atoms with Gasteiger partial charge in [0.05, 0.1) is 0 Å². The molecule has 2 heterocycles. The van der Waals surface area contributed by atoms with Crippen LogP contribution in [0.2, 0.25) is 0 Å². The third-order valence-electron chi connectivity index (χ3n) is 4.02. The highest BCUT2D eigenvalue weighted by molar-refractivity contribution is 5.02. The monoisotopic (exact) mass is 234 g/mol. The molecule has 1 unspecified atom stereocenters. The number of nitrogens with one attached hydrogen (secondary N) is 1. The van der Waals surface area contributed by atoms with Crippen molar-refractivity contribution in [1.29, 1.82) is 0 Å². The highest BCUT2D eigenvalue weighted by Gasteiger charge is 2.28. The quantitative estimate of drug-likeness (QED) is 0.868. The lowest BCUT2D eigenvalue weighted by molar-refractivity contribution is 0.447. The molecule has 1 aromatic heterocycles. The average Bonchev–Trinajstić information content (AvgIpc) is 3.10. The molecule has 0 spiro atoms. The van der Waals surface area contributed by atoms with Crippen molar-refractivity contribution in [3.05, 3.63) is 11.6 Å². The van der Waals surface area contributed by atoms with Gasteiger partial charge in [0.25, 0.3) is 0 Å². The predicted molar refractivity (Wildman–Crippen MR) is 66.9 cm³/mol. The van der Waals surface area contributed by atoms with Gasteiger partial charge in [0, 0.05) is 12.5 Å². The second-order valence-electron chi connectivity index (χ2n) is 5.52. The minimum absolute atomic E-state index is 0.712. The summed E-state index contributed by atoms with van der Waals surface area (Å²) >= 11 is 0. The first-order valence-corrected chi connectivity index (χ1v) is 6.95. The smallest absolute Gasteiger partial charge is 0.133 e. The van der Waals surface area contributed by atoms with Crippen molar-refractivity contribution in [3.63, 3.8) is 0 Å². The summed E-state index contributed by atoms with van der Waals surface area (Å²) in [6, 6.07) is 0.712. The van der Waals surface area contributed by atoms with E-state index in [1.807, 2.05) is 0 Å². The molecule has 3 rings (SSSR count). The van der Waals surface area contributed by atoms with E-state index in [1.54, 1.807) is 0 Å². The van der Waals surface area contributed by atoms with Crippen LogP contribution in [-0.4, -0.2) is 27.9 Å². The third kappa shape index (κ3) is 2.51. The van der Waals surface area contributed by atoms with Crippen LogP contribution in [0.4, 0.5) is 0 Å². The van der Waals surface area contributed by atoms with Gasteiger partial charge in [-0.05, 0) is 58.0 Å². The molecule has 1 aromatic rings. The Kier molecular flexibility index (Phi) is 3.14. The van der Waals surface area contributed by atoms with E-state index >= 15 is 0 Å². The molecule has 0 amide bonds. The van der Waals surface area contributed by atoms with Gasteiger partial charge in [-0.3, -0.25) is 0 Å². The molecule has 4 nitrogen and oxygen atoms in total. The fraction of sp³-hybridized carbons (Fsp3) is 0.846. The van der Waals surface area contributed by atoms with E-state index in [0.717, 1.165) is 18.2 Å². The maximum Gasteiger partial charge on any atom is 0.133 e. The van der Waals surface area contributed by atoms with Gasteiger partial charge in [-0.25, -0.2) is 0 Å². The standard InChI is InChI=1S/C13H22N4/c1-10-15-16-13(17(10)12-4-5-12)9-11-3-2-7-14-8-6-11/h11-12,14H,2-9H2,1H3. The van der Waals surface area contributed by atoms with Gasteiger partial charge in [0.15, 0.2) is 0 Å². The first kappa shape index (κ1) is 11.2. The summed E-state index contributed by atoms with van der Waals surface area (Å²) < 4.78 is 2.39. The van der Waals surface area contributed by atoms with E-state index in [4.69, 9.17) is 0 Å². The first-order valence-electron chi connectivity index (χ1n) is 6.95. The van der Waals surface area contributed by atoms with Crippen LogP contribution in [0.15, 0.2) is 0 Å². The maximum atomic E-state index is 4.39. The number of aryl methyl sites for hydroxylation is 1. The van der Waals surface area contributed by atoms with E-state index in [1.165, 1.54) is 51.0 Å². The molecule has 2 aliphatic rings. The van der Waals surface area contributed by atoms with E-state index < -0.39 is 0 Å². The van der Waals surface area contributed by atoms with Crippen LogP contribution in [0, 0.1) is 12.8 Å². The topological polar surface area (TPSA) is 42.7 Å². The molecule has 2 fully saturated rings. The lowest BCUT2D eigenvalue weighted by Gasteiger charge is -2.14. The molecule has 1 atom stereocenters. The zero-order valence-electron chi connectivity index (χ0n) is 10.7. The molecule has 4 heteroatoms. The molecule has 17 heavy (non-hydrogen) atoms. The Balaban J connectivity index is 1.71. The van der Waals surface area contributed by atoms with Crippen LogP contribution in [-0.2, 0) is 6.42 Å². The molecule has 94 valence electrons. The van der Waals surface area contributed by atoms with Gasteiger partial charge in [0.2, 0.25) is 0 Å². The molecule has 1 aliphatic heterocycles. The zero-order chi connectivity index (χ0) is 11.7. The van der Waals surface area contributed by atoms with Gasteiger partial charge < -0.3 is 9.88 Å². The summed E-state index contributed by atoms with van der Waals surface area (Å²) in [7, 11) is 0. The Bertz CT molecular complexity index is 373. The Morgan fingerprint density at radius 1 is 1.18 bits per heavy atom. The molecule has 0 radical (unpaired) electrons. The van der Waals surface area contributed by atoms with Crippen LogP contribution in [0.3, 0.4) is 0 Å². The number of rotatable bonds is 3. The molecule has 1 N–H and O–H groups in total. The highest BCUT2D eigenvalue weighted by Crippen LogP contribution is 2.37. The van der Waals surface area contributed by atoms with Crippen LogP contribution >= 0.6 is 0 Å². The minimum Gasteiger partial charge on any atom is -0.317 e. The van der Waals surface area contributed by atoms with E-state index in [-0.39, 0.29) is 0 Å². The summed E-state index contributed by atoms with van der Waals surface area (Å²) in [5, 5.41) is 12.1. The van der Waals surface area contributed by atoms with Crippen molar-refractivity contribution in [1.82, 2.24) is 20.1 Å². The van der Waals surface area contributed by atoms with Gasteiger partial charge >= 0.3 is 0 Å². The summed E-state index contributed by atoms with van der Waals surface area (Å²) in [4.78, 5) is 0. The normalized spacial score (nSPS) is 25.8. The summed E-state index contributed by atoms with van der Waals surface area (Å²) in [5.74, 6) is 3.14. The van der Waals surface area contributed by atoms with Gasteiger partial charge in [-0.15, -0.1) is 10.2 Å². The fourth-order valence-electron chi connectivity index (χ4n) is 2.91. The van der Waals surface area contributed by atoms with Crippen molar-refractivity contribution in [3.8, 4) is 0 Å². The van der Waals surface area contributed by atoms with Gasteiger partial charge in [-0.1, -0.05) is 0 Å². The van der Waals surface area contributed by atoms with Crippen molar-refractivity contribution in [2.45, 2.75) is 51.5 Å². The Morgan fingerprint density at radius 3 is 2.88 bits per heavy atom. The predicted octanol–water partition coefficient (Wildman–Crippen LogP) is 1.85. The second kappa shape index (κ2) is 4.77. The van der Waals surface area contributed by atoms with E-state index in [9.17, 15) is 0 Å². The lowest BCUT2D eigenvalue weighted by Crippen LogP contribution is -2.15. The van der Waals surface area contributed by atoms with Crippen LogP contribution in [0.1, 0.15) is 49.8 Å². The zero-order valence-corrected chi connectivity index (χ0v) is 10.7. The van der Waals surface area contributed by atoms with Crippen molar-refractivity contribution in [2.75, 3.05) is 13.1 Å². The summed E-state index contributed by atoms with van der Waals surface area (Å²) in [6.45, 7) is 4.44. The molecule has 1 aliphatic carbocycles. The van der Waals surface area contributed by atoms with Crippen LogP contribution in [0.25, 0.3) is 0 Å². The second-order valence-corrected chi connectivity index (χ2v) is 5.52. The fourth-order valence-corrected chi connectivity index (χ4v) is 2.91. The van der Waals surface area contributed by atoms with Gasteiger partial charge in [0.1, 0.15) is 11.6 Å². The average molecular weight is 234 g/mol. The Hall–Kier alpha value is -0.900. The van der Waals surface area contributed by atoms with Crippen molar-refractivity contribution >= 4 is 0 Å². The maximum absolute atomic E-state index is 4.39. The lowest BCUT2D eigenvalue weighted by atomic mass is 9.96. The number of hydrogen-bond acceptors (Lipinski definition) is 3. The van der Waals surface area contributed by atoms with Crippen molar-refractivity contribution in [2.24, 2.45) is 5.92 Å². The Morgan fingerprint density at radius 2 is 2.06 bits per heavy atom. The van der Waals surface area contributed by atoms with Gasteiger partial charge in [-0.2, -0.15) is 0 Å². The molecular formula is C13H22N4. The third-order valence-corrected chi connectivity index (χ3v) is 4.02.